The van der Waals surface area contributed by atoms with Crippen molar-refractivity contribution in [2.45, 2.75) is 26.4 Å². The molecule has 1 N–H and O–H groups in total. The molecule has 0 amide bonds. The lowest BCUT2D eigenvalue weighted by atomic mass is 10.2. The van der Waals surface area contributed by atoms with Crippen LogP contribution in [-0.4, -0.2) is 0 Å². The van der Waals surface area contributed by atoms with Crippen LogP contribution in [0.4, 0.5) is 0 Å². The van der Waals surface area contributed by atoms with E-state index in [4.69, 9.17) is 4.42 Å². The van der Waals surface area contributed by atoms with Crippen LogP contribution in [0.15, 0.2) is 34.3 Å². The van der Waals surface area contributed by atoms with E-state index in [1.165, 1.54) is 10.4 Å². The van der Waals surface area contributed by atoms with Crippen molar-refractivity contribution in [2.24, 2.45) is 0 Å². The van der Waals surface area contributed by atoms with Gasteiger partial charge in [-0.3, -0.25) is 0 Å². The maximum absolute atomic E-state index is 5.37. The molecule has 2 nitrogen and oxygen atoms in total. The van der Waals surface area contributed by atoms with Crippen molar-refractivity contribution in [3.05, 3.63) is 46.0 Å². The molecule has 2 aromatic heterocycles. The summed E-state index contributed by atoms with van der Waals surface area (Å²) in [5.41, 5.74) is 1.21. The van der Waals surface area contributed by atoms with Gasteiger partial charge in [0.2, 0.25) is 0 Å². The minimum absolute atomic E-state index is 0.384. The zero-order chi connectivity index (χ0) is 10.7. The normalized spacial score (nSPS) is 12.9. The van der Waals surface area contributed by atoms with E-state index < -0.39 is 0 Å². The van der Waals surface area contributed by atoms with Crippen molar-refractivity contribution in [1.82, 2.24) is 5.32 Å². The molecule has 80 valence electrons. The van der Waals surface area contributed by atoms with E-state index in [-0.39, 0.29) is 0 Å². The first-order valence-electron chi connectivity index (χ1n) is 5.07. The van der Waals surface area contributed by atoms with Crippen molar-refractivity contribution in [3.63, 3.8) is 0 Å². The van der Waals surface area contributed by atoms with Crippen molar-refractivity contribution < 1.29 is 4.42 Å². The van der Waals surface area contributed by atoms with Crippen LogP contribution < -0.4 is 5.32 Å². The number of rotatable bonds is 4. The molecule has 0 aliphatic heterocycles. The molecule has 0 aromatic carbocycles. The predicted octanol–water partition coefficient (Wildman–Crippen LogP) is 3.50. The second-order valence-electron chi connectivity index (χ2n) is 3.64. The van der Waals surface area contributed by atoms with E-state index in [1.54, 1.807) is 17.6 Å². The van der Waals surface area contributed by atoms with Gasteiger partial charge in [0.05, 0.1) is 12.8 Å². The third-order valence-corrected chi connectivity index (χ3v) is 3.56. The Morgan fingerprint density at radius 1 is 1.47 bits per heavy atom. The molecule has 0 radical (unpaired) electrons. The van der Waals surface area contributed by atoms with Gasteiger partial charge in [0.25, 0.3) is 0 Å². The molecule has 0 saturated carbocycles. The molecule has 15 heavy (non-hydrogen) atoms. The van der Waals surface area contributed by atoms with Crippen molar-refractivity contribution in [2.75, 3.05) is 0 Å². The lowest BCUT2D eigenvalue weighted by molar-refractivity contribution is 0.460. The van der Waals surface area contributed by atoms with Gasteiger partial charge in [-0.25, -0.2) is 0 Å². The fraction of sp³-hybridized carbons (Fsp3) is 0.333. The Bertz CT molecular complexity index is 405. The highest BCUT2D eigenvalue weighted by atomic mass is 32.1. The smallest absolute Gasteiger partial charge is 0.120 e. The number of hydrogen-bond donors (Lipinski definition) is 1. The molecule has 0 saturated heterocycles. The van der Waals surface area contributed by atoms with Crippen LogP contribution in [0.1, 0.15) is 29.2 Å². The van der Waals surface area contributed by atoms with Gasteiger partial charge in [-0.15, -0.1) is 11.3 Å². The Hall–Kier alpha value is -1.06. The zero-order valence-corrected chi connectivity index (χ0v) is 9.80. The van der Waals surface area contributed by atoms with Crippen LogP contribution in [-0.2, 0) is 6.54 Å². The molecule has 0 bridgehead atoms. The summed E-state index contributed by atoms with van der Waals surface area (Å²) in [7, 11) is 0. The fourth-order valence-corrected chi connectivity index (χ4v) is 2.23. The van der Waals surface area contributed by atoms with Crippen molar-refractivity contribution in [3.8, 4) is 0 Å². The van der Waals surface area contributed by atoms with E-state index in [2.05, 4.69) is 36.7 Å². The minimum Gasteiger partial charge on any atom is -0.468 e. The van der Waals surface area contributed by atoms with Gasteiger partial charge < -0.3 is 9.73 Å². The molecular weight excluding hydrogens is 206 g/mol. The van der Waals surface area contributed by atoms with Gasteiger partial charge >= 0.3 is 0 Å². The maximum Gasteiger partial charge on any atom is 0.120 e. The zero-order valence-electron chi connectivity index (χ0n) is 8.99. The van der Waals surface area contributed by atoms with Crippen LogP contribution in [0.3, 0.4) is 0 Å². The Balaban J connectivity index is 1.91. The summed E-state index contributed by atoms with van der Waals surface area (Å²) in [6.07, 6.45) is 1.74. The van der Waals surface area contributed by atoms with Crippen LogP contribution >= 0.6 is 11.3 Å². The van der Waals surface area contributed by atoms with E-state index in [0.717, 1.165) is 12.3 Å². The Morgan fingerprint density at radius 3 is 2.93 bits per heavy atom. The summed E-state index contributed by atoms with van der Waals surface area (Å²) in [5.74, 6) is 1.03. The van der Waals surface area contributed by atoms with Gasteiger partial charge in [0.1, 0.15) is 5.76 Å². The van der Waals surface area contributed by atoms with Gasteiger partial charge in [-0.05, 0) is 36.9 Å². The lowest BCUT2D eigenvalue weighted by Gasteiger charge is -2.10. The molecule has 2 aromatic rings. The van der Waals surface area contributed by atoms with Gasteiger partial charge in [0.15, 0.2) is 0 Å². The molecule has 0 aliphatic carbocycles. The summed E-state index contributed by atoms with van der Waals surface area (Å²) in [4.78, 5) is 1.36. The van der Waals surface area contributed by atoms with E-state index >= 15 is 0 Å². The predicted molar refractivity (Wildman–Crippen MR) is 63.0 cm³/mol. The second-order valence-corrected chi connectivity index (χ2v) is 4.62. The molecular formula is C12H15NOS. The highest BCUT2D eigenvalue weighted by Crippen LogP contribution is 2.19. The first-order chi connectivity index (χ1) is 7.27. The summed E-state index contributed by atoms with van der Waals surface area (Å²) in [6.45, 7) is 5.03. The highest BCUT2D eigenvalue weighted by molar-refractivity contribution is 7.10. The minimum atomic E-state index is 0.384. The molecule has 1 atom stereocenters. The monoisotopic (exact) mass is 221 g/mol. The molecule has 2 rings (SSSR count). The molecule has 3 heteroatoms. The van der Waals surface area contributed by atoms with Crippen LogP contribution in [0, 0.1) is 6.92 Å². The van der Waals surface area contributed by atoms with Gasteiger partial charge in [-0.2, -0.15) is 0 Å². The average Bonchev–Trinajstić information content (AvgIpc) is 2.85. The van der Waals surface area contributed by atoms with Gasteiger partial charge in [-0.1, -0.05) is 6.07 Å². The second kappa shape index (κ2) is 4.64. The molecule has 0 spiro atoms. The van der Waals surface area contributed by atoms with Crippen LogP contribution in [0.5, 0.6) is 0 Å². The Kier molecular flexibility index (Phi) is 3.23. The van der Waals surface area contributed by atoms with E-state index in [9.17, 15) is 0 Å². The first-order valence-corrected chi connectivity index (χ1v) is 5.95. The van der Waals surface area contributed by atoms with Crippen molar-refractivity contribution >= 4 is 11.3 Å². The molecule has 2 heterocycles. The number of thiophene rings is 1. The number of hydrogen-bond acceptors (Lipinski definition) is 3. The van der Waals surface area contributed by atoms with E-state index in [0.29, 0.717) is 6.04 Å². The van der Waals surface area contributed by atoms with Crippen molar-refractivity contribution in [1.29, 1.82) is 0 Å². The van der Waals surface area contributed by atoms with Crippen LogP contribution in [0.2, 0.25) is 0 Å². The summed E-state index contributed by atoms with van der Waals surface area (Å²) in [6, 6.07) is 6.61. The highest BCUT2D eigenvalue weighted by Gasteiger charge is 2.07. The summed E-state index contributed by atoms with van der Waals surface area (Å²) < 4.78 is 5.37. The average molecular weight is 221 g/mol. The SMILES string of the molecule is Cc1ccoc1CN[C@H](C)c1cccs1. The summed E-state index contributed by atoms with van der Waals surface area (Å²) >= 11 is 1.78. The third kappa shape index (κ3) is 2.49. The van der Waals surface area contributed by atoms with Crippen LogP contribution in [0.25, 0.3) is 0 Å². The standard InChI is InChI=1S/C12H15NOS/c1-9-5-6-14-11(9)8-13-10(2)12-4-3-7-15-12/h3-7,10,13H,8H2,1-2H3/t10-/m1/s1. The molecule has 0 unspecified atom stereocenters. The summed E-state index contributed by atoms with van der Waals surface area (Å²) in [5, 5.41) is 5.55. The fourth-order valence-electron chi connectivity index (χ4n) is 1.47. The van der Waals surface area contributed by atoms with Gasteiger partial charge in [0, 0.05) is 10.9 Å². The third-order valence-electron chi connectivity index (χ3n) is 2.51. The maximum atomic E-state index is 5.37. The molecule has 0 fully saturated rings. The number of furan rings is 1. The Labute approximate surface area is 93.9 Å². The van der Waals surface area contributed by atoms with E-state index in [1.807, 2.05) is 6.07 Å². The quantitative estimate of drug-likeness (QED) is 0.854. The number of nitrogens with one attached hydrogen (secondary N) is 1. The lowest BCUT2D eigenvalue weighted by Crippen LogP contribution is -2.17. The topological polar surface area (TPSA) is 25.2 Å². The number of aryl methyl sites for hydroxylation is 1. The molecule has 0 aliphatic rings. The largest absolute Gasteiger partial charge is 0.468 e. The Morgan fingerprint density at radius 2 is 2.33 bits per heavy atom. The first kappa shape index (κ1) is 10.5.